The van der Waals surface area contributed by atoms with Crippen LogP contribution in [0.3, 0.4) is 0 Å². The van der Waals surface area contributed by atoms with Crippen molar-refractivity contribution in [1.82, 2.24) is 4.90 Å². The van der Waals surface area contributed by atoms with Crippen molar-refractivity contribution < 1.29 is 14.0 Å². The minimum Gasteiger partial charge on any atom is -0.547 e. The number of ether oxygens (including phenoxy) is 1. The maximum Gasteiger partial charge on any atom is 0.258 e. The van der Waals surface area contributed by atoms with E-state index in [1.165, 1.54) is 4.91 Å². The lowest BCUT2D eigenvalue weighted by Gasteiger charge is -2.42. The van der Waals surface area contributed by atoms with E-state index in [2.05, 4.69) is 78.0 Å². The first-order chi connectivity index (χ1) is 15.6. The number of hydrogen-bond donors (Lipinski definition) is 0. The molecule has 186 valence electrons. The Morgan fingerprint density at radius 3 is 2.15 bits per heavy atom. The number of rotatable bonds is 12. The smallest absolute Gasteiger partial charge is 0.258 e. The van der Waals surface area contributed by atoms with E-state index in [0.717, 1.165) is 12.0 Å². The molecule has 0 aliphatic carbocycles. The zero-order chi connectivity index (χ0) is 24.8. The topological polar surface area (TPSA) is 38.8 Å². The van der Waals surface area contributed by atoms with E-state index < -0.39 is 8.32 Å². The maximum atomic E-state index is 13.1. The summed E-state index contributed by atoms with van der Waals surface area (Å²) >= 11 is 1.75. The molecule has 0 saturated carbocycles. The summed E-state index contributed by atoms with van der Waals surface area (Å²) in [5.74, 6) is 0.419. The standard InChI is InChI=1S/C27H45NO3SSi/c1-19(2)33(20(3)4,21(5)6)31-18-26(32-9)22(7)24-15-16-27(29)28(24)25(17-30-8)23-13-11-10-12-14-23/h10-14,18-22,24-25H,15-17H2,1-9H3/b26-18+/t22-,24-,25-/m0/s1. The summed E-state index contributed by atoms with van der Waals surface area (Å²) in [6.45, 7) is 16.6. The molecule has 1 aromatic rings. The molecule has 0 N–H and O–H groups in total. The van der Waals surface area contributed by atoms with Crippen molar-refractivity contribution in [1.29, 1.82) is 0 Å². The lowest BCUT2D eigenvalue weighted by molar-refractivity contribution is -0.133. The average Bonchev–Trinajstić information content (AvgIpc) is 3.15. The SMILES string of the molecule is COC[C@@H](c1ccccc1)N1C(=O)CC[C@H]1[C@H](C)/C(=C\O[Si](C(C)C)(C(C)C)C(C)C)SC. The van der Waals surface area contributed by atoms with Crippen LogP contribution in [0.5, 0.6) is 0 Å². The molecule has 33 heavy (non-hydrogen) atoms. The summed E-state index contributed by atoms with van der Waals surface area (Å²) in [6.07, 6.45) is 5.65. The number of hydrogen-bond acceptors (Lipinski definition) is 4. The zero-order valence-corrected chi connectivity index (χ0v) is 23.9. The Bertz CT molecular complexity index is 759. The van der Waals surface area contributed by atoms with Gasteiger partial charge in [0, 0.05) is 30.4 Å². The molecule has 0 unspecified atom stereocenters. The minimum atomic E-state index is -2.00. The maximum absolute atomic E-state index is 13.1. The second-order valence-electron chi connectivity index (χ2n) is 10.2. The molecule has 2 rings (SSSR count). The van der Waals surface area contributed by atoms with Crippen LogP contribution in [0.2, 0.25) is 16.6 Å². The third-order valence-corrected chi connectivity index (χ3v) is 14.4. The van der Waals surface area contributed by atoms with Crippen molar-refractivity contribution in [2.45, 2.75) is 90.0 Å². The Kier molecular flexibility index (Phi) is 10.6. The van der Waals surface area contributed by atoms with Crippen LogP contribution in [0.1, 0.15) is 72.9 Å². The van der Waals surface area contributed by atoms with Gasteiger partial charge in [0.1, 0.15) is 0 Å². The van der Waals surface area contributed by atoms with Crippen LogP contribution < -0.4 is 0 Å². The van der Waals surface area contributed by atoms with E-state index in [9.17, 15) is 4.79 Å². The number of methoxy groups -OCH3 is 1. The number of benzene rings is 1. The Labute approximate surface area is 207 Å². The van der Waals surface area contributed by atoms with Gasteiger partial charge < -0.3 is 14.1 Å². The molecule has 0 bridgehead atoms. The Hall–Kier alpha value is -1.24. The van der Waals surface area contributed by atoms with Crippen LogP contribution in [-0.4, -0.2) is 45.1 Å². The molecule has 1 fully saturated rings. The predicted octanol–water partition coefficient (Wildman–Crippen LogP) is 7.40. The van der Waals surface area contributed by atoms with Gasteiger partial charge in [-0.2, -0.15) is 0 Å². The molecule has 0 aromatic heterocycles. The fourth-order valence-corrected chi connectivity index (χ4v) is 11.8. The highest BCUT2D eigenvalue weighted by Crippen LogP contribution is 2.44. The van der Waals surface area contributed by atoms with E-state index in [4.69, 9.17) is 9.16 Å². The van der Waals surface area contributed by atoms with Crippen LogP contribution in [0.4, 0.5) is 0 Å². The van der Waals surface area contributed by atoms with Gasteiger partial charge in [0.15, 0.2) is 0 Å². The van der Waals surface area contributed by atoms with Crippen LogP contribution in [0.25, 0.3) is 0 Å². The van der Waals surface area contributed by atoms with Crippen LogP contribution in [0, 0.1) is 5.92 Å². The van der Waals surface area contributed by atoms with Gasteiger partial charge >= 0.3 is 0 Å². The second kappa shape index (κ2) is 12.5. The summed E-state index contributed by atoms with van der Waals surface area (Å²) in [6, 6.07) is 10.3. The summed E-state index contributed by atoms with van der Waals surface area (Å²) in [7, 11) is -0.288. The summed E-state index contributed by atoms with van der Waals surface area (Å²) in [5.41, 5.74) is 2.71. The second-order valence-corrected chi connectivity index (χ2v) is 16.5. The summed E-state index contributed by atoms with van der Waals surface area (Å²) < 4.78 is 12.4. The van der Waals surface area contributed by atoms with Gasteiger partial charge in [-0.1, -0.05) is 78.8 Å². The molecule has 6 heteroatoms. The third kappa shape index (κ3) is 6.07. The molecular weight excluding hydrogens is 446 g/mol. The van der Waals surface area contributed by atoms with Crippen molar-refractivity contribution in [3.8, 4) is 0 Å². The highest BCUT2D eigenvalue weighted by Gasteiger charge is 2.47. The van der Waals surface area contributed by atoms with Crippen LogP contribution in [-0.2, 0) is 14.0 Å². The first-order valence-corrected chi connectivity index (χ1v) is 15.7. The van der Waals surface area contributed by atoms with Crippen molar-refractivity contribution in [2.75, 3.05) is 20.0 Å². The monoisotopic (exact) mass is 491 g/mol. The molecule has 1 amide bonds. The molecule has 1 aromatic carbocycles. The van der Waals surface area contributed by atoms with Crippen molar-refractivity contribution in [2.24, 2.45) is 5.92 Å². The fourth-order valence-electron chi connectivity index (χ4n) is 5.89. The van der Waals surface area contributed by atoms with Gasteiger partial charge in [-0.15, -0.1) is 11.8 Å². The van der Waals surface area contributed by atoms with Gasteiger partial charge in [-0.25, -0.2) is 0 Å². The van der Waals surface area contributed by atoms with E-state index in [0.29, 0.717) is 29.7 Å². The van der Waals surface area contributed by atoms with Crippen molar-refractivity contribution in [3.05, 3.63) is 47.1 Å². The van der Waals surface area contributed by atoms with Crippen molar-refractivity contribution >= 4 is 26.0 Å². The molecule has 4 nitrogen and oxygen atoms in total. The average molecular weight is 492 g/mol. The number of likely N-dealkylation sites (tertiary alicyclic amines) is 1. The molecule has 1 aliphatic heterocycles. The zero-order valence-electron chi connectivity index (χ0n) is 22.1. The minimum absolute atomic E-state index is 0.0712. The number of amides is 1. The van der Waals surface area contributed by atoms with Gasteiger partial charge in [0.05, 0.1) is 18.9 Å². The van der Waals surface area contributed by atoms with E-state index in [-0.39, 0.29) is 23.9 Å². The predicted molar refractivity (Wildman–Crippen MR) is 144 cm³/mol. The first kappa shape index (κ1) is 28.0. The third-order valence-electron chi connectivity index (χ3n) is 7.49. The largest absolute Gasteiger partial charge is 0.547 e. The lowest BCUT2D eigenvalue weighted by atomic mass is 9.96. The first-order valence-electron chi connectivity index (χ1n) is 12.4. The highest BCUT2D eigenvalue weighted by molar-refractivity contribution is 8.02. The number of carbonyl (C=O) groups excluding carboxylic acids is 1. The molecule has 1 saturated heterocycles. The fraction of sp³-hybridized carbons (Fsp3) is 0.667. The Balaban J connectivity index is 2.37. The van der Waals surface area contributed by atoms with E-state index >= 15 is 0 Å². The number of nitrogens with zero attached hydrogens (tertiary/aromatic N) is 1. The van der Waals surface area contributed by atoms with E-state index in [1.54, 1.807) is 18.9 Å². The molecule has 0 spiro atoms. The van der Waals surface area contributed by atoms with Crippen molar-refractivity contribution in [3.63, 3.8) is 0 Å². The molecule has 1 aliphatic rings. The molecule has 1 heterocycles. The van der Waals surface area contributed by atoms with Gasteiger partial charge in [-0.05, 0) is 34.9 Å². The highest BCUT2D eigenvalue weighted by atomic mass is 32.2. The van der Waals surface area contributed by atoms with E-state index in [1.807, 2.05) is 18.2 Å². The number of carbonyl (C=O) groups is 1. The lowest BCUT2D eigenvalue weighted by Crippen LogP contribution is -2.46. The Morgan fingerprint density at radius 2 is 1.67 bits per heavy atom. The molecule has 0 radical (unpaired) electrons. The Morgan fingerprint density at radius 1 is 1.09 bits per heavy atom. The van der Waals surface area contributed by atoms with Crippen LogP contribution >= 0.6 is 11.8 Å². The normalized spacial score (nSPS) is 19.6. The van der Waals surface area contributed by atoms with Gasteiger partial charge in [0.2, 0.25) is 5.91 Å². The number of thioether (sulfide) groups is 1. The summed E-state index contributed by atoms with van der Waals surface area (Å²) in [5, 5.41) is 0. The van der Waals surface area contributed by atoms with Crippen LogP contribution in [0.15, 0.2) is 41.5 Å². The van der Waals surface area contributed by atoms with Gasteiger partial charge in [-0.3, -0.25) is 4.79 Å². The molecule has 3 atom stereocenters. The molecular formula is C27H45NO3SSi. The quantitative estimate of drug-likeness (QED) is 0.225. The summed E-state index contributed by atoms with van der Waals surface area (Å²) in [4.78, 5) is 16.4. The van der Waals surface area contributed by atoms with Gasteiger partial charge in [0.25, 0.3) is 8.32 Å².